The normalized spacial score (nSPS) is 17.7. The minimum Gasteiger partial charge on any atom is -0.507 e. The van der Waals surface area contributed by atoms with Crippen LogP contribution in [0.15, 0.2) is 42.5 Å². The molecule has 2 aromatic carbocycles. The van der Waals surface area contributed by atoms with Gasteiger partial charge in [-0.25, -0.2) is 0 Å². The molecule has 0 bridgehead atoms. The summed E-state index contributed by atoms with van der Waals surface area (Å²) in [5.41, 5.74) is 1.55. The van der Waals surface area contributed by atoms with Crippen LogP contribution in [0.3, 0.4) is 0 Å². The van der Waals surface area contributed by atoms with Crippen LogP contribution in [0, 0.1) is 5.92 Å². The number of benzene rings is 2. The summed E-state index contributed by atoms with van der Waals surface area (Å²) in [6.45, 7) is 2.24. The van der Waals surface area contributed by atoms with E-state index in [1.165, 1.54) is 0 Å². The van der Waals surface area contributed by atoms with Gasteiger partial charge in [0.2, 0.25) is 0 Å². The summed E-state index contributed by atoms with van der Waals surface area (Å²) in [5.74, 6) is 1.69. The van der Waals surface area contributed by atoms with Gasteiger partial charge in [0.05, 0.1) is 14.2 Å². The van der Waals surface area contributed by atoms with Crippen molar-refractivity contribution in [1.29, 1.82) is 0 Å². The van der Waals surface area contributed by atoms with Crippen LogP contribution in [0.5, 0.6) is 17.2 Å². The number of piperidine rings is 1. The topological polar surface area (TPSA) is 59.0 Å². The Morgan fingerprint density at radius 2 is 1.92 bits per heavy atom. The number of Topliss-reactive ketones (excluding diaryl/α,β-unsaturated/α-hetero) is 1. The molecule has 1 aliphatic rings. The Kier molecular flexibility index (Phi) is 5.78. The summed E-state index contributed by atoms with van der Waals surface area (Å²) in [5, 5.41) is 10.2. The molecule has 1 atom stereocenters. The third-order valence-electron chi connectivity index (χ3n) is 4.92. The van der Waals surface area contributed by atoms with Crippen LogP contribution in [0.25, 0.3) is 0 Å². The lowest BCUT2D eigenvalue weighted by Gasteiger charge is -2.32. The molecule has 3 rings (SSSR count). The summed E-state index contributed by atoms with van der Waals surface area (Å²) >= 11 is 0. The Hall–Kier alpha value is -2.53. The number of hydrogen-bond donors (Lipinski definition) is 1. The average Bonchev–Trinajstić information content (AvgIpc) is 2.69. The molecule has 0 radical (unpaired) electrons. The van der Waals surface area contributed by atoms with Crippen molar-refractivity contribution in [1.82, 2.24) is 4.90 Å². The van der Waals surface area contributed by atoms with E-state index in [1.807, 2.05) is 30.3 Å². The highest BCUT2D eigenvalue weighted by Gasteiger charge is 2.27. The molecule has 138 valence electrons. The number of phenols is 1. The lowest BCUT2D eigenvalue weighted by molar-refractivity contribution is 0.0810. The van der Waals surface area contributed by atoms with Gasteiger partial charge in [-0.1, -0.05) is 18.2 Å². The van der Waals surface area contributed by atoms with E-state index in [4.69, 9.17) is 9.47 Å². The van der Waals surface area contributed by atoms with E-state index >= 15 is 0 Å². The summed E-state index contributed by atoms with van der Waals surface area (Å²) in [6.07, 6.45) is 1.86. The van der Waals surface area contributed by atoms with Gasteiger partial charge in [-0.15, -0.1) is 0 Å². The molecule has 2 aromatic rings. The van der Waals surface area contributed by atoms with Gasteiger partial charge >= 0.3 is 0 Å². The van der Waals surface area contributed by atoms with Crippen LogP contribution < -0.4 is 9.47 Å². The Balaban J connectivity index is 1.68. The molecular weight excluding hydrogens is 330 g/mol. The van der Waals surface area contributed by atoms with Crippen molar-refractivity contribution in [3.05, 3.63) is 53.6 Å². The molecule has 1 N–H and O–H groups in total. The number of carbonyl (C=O) groups excluding carboxylic acids is 1. The zero-order chi connectivity index (χ0) is 18.5. The number of methoxy groups -OCH3 is 2. The molecule has 26 heavy (non-hydrogen) atoms. The highest BCUT2D eigenvalue weighted by atomic mass is 16.5. The second-order valence-electron chi connectivity index (χ2n) is 6.67. The van der Waals surface area contributed by atoms with Crippen LogP contribution in [0.2, 0.25) is 0 Å². The third-order valence-corrected chi connectivity index (χ3v) is 4.92. The van der Waals surface area contributed by atoms with Crippen LogP contribution in [-0.2, 0) is 6.54 Å². The summed E-state index contributed by atoms with van der Waals surface area (Å²) in [4.78, 5) is 15.1. The predicted molar refractivity (Wildman–Crippen MR) is 100.0 cm³/mol. The Labute approximate surface area is 154 Å². The number of phenolic OH excluding ortho intramolecular Hbond substituents is 1. The SMILES string of the molecule is COc1cccc(C(=O)[C@H]2CCCN(Cc3ccc(OC)cc3O)C2)c1. The molecule has 0 saturated carbocycles. The van der Waals surface area contributed by atoms with Crippen molar-refractivity contribution in [2.75, 3.05) is 27.3 Å². The number of carbonyl (C=O) groups is 1. The molecule has 1 aliphatic heterocycles. The standard InChI is InChI=1S/C21H25NO4/c1-25-18-7-3-5-15(11-18)21(24)17-6-4-10-22(14-17)13-16-8-9-19(26-2)12-20(16)23/h3,5,7-9,11-12,17,23H,4,6,10,13-14H2,1-2H3/t17-/m0/s1. The fraction of sp³-hybridized carbons (Fsp3) is 0.381. The van der Waals surface area contributed by atoms with Gasteiger partial charge < -0.3 is 14.6 Å². The maximum absolute atomic E-state index is 12.9. The van der Waals surface area contributed by atoms with Gasteiger partial charge in [0.15, 0.2) is 5.78 Å². The predicted octanol–water partition coefficient (Wildman–Crippen LogP) is 3.50. The van der Waals surface area contributed by atoms with Crippen molar-refractivity contribution in [3.63, 3.8) is 0 Å². The molecule has 0 amide bonds. The first-order valence-electron chi connectivity index (χ1n) is 8.87. The van der Waals surface area contributed by atoms with E-state index < -0.39 is 0 Å². The number of aromatic hydroxyl groups is 1. The van der Waals surface area contributed by atoms with Gasteiger partial charge in [-0.3, -0.25) is 9.69 Å². The number of hydrogen-bond acceptors (Lipinski definition) is 5. The maximum Gasteiger partial charge on any atom is 0.167 e. The van der Waals surface area contributed by atoms with Crippen LogP contribution in [0.4, 0.5) is 0 Å². The Morgan fingerprint density at radius 3 is 2.65 bits per heavy atom. The minimum atomic E-state index is -0.0313. The summed E-state index contributed by atoms with van der Waals surface area (Å²) in [6, 6.07) is 12.7. The number of likely N-dealkylation sites (tertiary alicyclic amines) is 1. The zero-order valence-electron chi connectivity index (χ0n) is 15.3. The number of ether oxygens (including phenoxy) is 2. The minimum absolute atomic E-state index is 0.0313. The number of rotatable bonds is 6. The van der Waals surface area contributed by atoms with Crippen molar-refractivity contribution >= 4 is 5.78 Å². The van der Waals surface area contributed by atoms with Crippen LogP contribution >= 0.6 is 0 Å². The second-order valence-corrected chi connectivity index (χ2v) is 6.67. The first-order chi connectivity index (χ1) is 12.6. The molecule has 5 heteroatoms. The van der Waals surface area contributed by atoms with E-state index in [1.54, 1.807) is 26.4 Å². The lowest BCUT2D eigenvalue weighted by atomic mass is 9.89. The first kappa shape index (κ1) is 18.3. The third kappa shape index (κ3) is 4.17. The number of ketones is 1. The Bertz CT molecular complexity index is 774. The molecule has 1 saturated heterocycles. The summed E-state index contributed by atoms with van der Waals surface area (Å²) in [7, 11) is 3.18. The molecule has 0 aliphatic carbocycles. The molecule has 5 nitrogen and oxygen atoms in total. The van der Waals surface area contributed by atoms with Gasteiger partial charge in [-0.2, -0.15) is 0 Å². The first-order valence-corrected chi connectivity index (χ1v) is 8.87. The average molecular weight is 355 g/mol. The molecule has 0 unspecified atom stereocenters. The second kappa shape index (κ2) is 8.23. The van der Waals surface area contributed by atoms with Gasteiger partial charge in [0.25, 0.3) is 0 Å². The number of nitrogens with zero attached hydrogens (tertiary/aromatic N) is 1. The molecular formula is C21H25NO4. The van der Waals surface area contributed by atoms with Crippen LogP contribution in [-0.4, -0.2) is 43.1 Å². The zero-order valence-corrected chi connectivity index (χ0v) is 15.3. The van der Waals surface area contributed by atoms with Crippen molar-refractivity contribution in [2.45, 2.75) is 19.4 Å². The van der Waals surface area contributed by atoms with E-state index in [0.29, 0.717) is 30.2 Å². The monoisotopic (exact) mass is 355 g/mol. The van der Waals surface area contributed by atoms with E-state index in [9.17, 15) is 9.90 Å². The highest BCUT2D eigenvalue weighted by molar-refractivity contribution is 5.98. The molecule has 1 heterocycles. The fourth-order valence-corrected chi connectivity index (χ4v) is 3.47. The molecule has 1 fully saturated rings. The van der Waals surface area contributed by atoms with E-state index in [0.717, 1.165) is 24.9 Å². The maximum atomic E-state index is 12.9. The quantitative estimate of drug-likeness (QED) is 0.804. The van der Waals surface area contributed by atoms with Crippen molar-refractivity contribution in [2.24, 2.45) is 5.92 Å². The van der Waals surface area contributed by atoms with E-state index in [2.05, 4.69) is 4.90 Å². The van der Waals surface area contributed by atoms with Gasteiger partial charge in [-0.05, 0) is 37.6 Å². The Morgan fingerprint density at radius 1 is 1.15 bits per heavy atom. The fourth-order valence-electron chi connectivity index (χ4n) is 3.47. The lowest BCUT2D eigenvalue weighted by Crippen LogP contribution is -2.38. The largest absolute Gasteiger partial charge is 0.507 e. The van der Waals surface area contributed by atoms with Crippen LogP contribution in [0.1, 0.15) is 28.8 Å². The van der Waals surface area contributed by atoms with E-state index in [-0.39, 0.29) is 17.5 Å². The van der Waals surface area contributed by atoms with Gasteiger partial charge in [0, 0.05) is 36.2 Å². The molecule has 0 aromatic heterocycles. The van der Waals surface area contributed by atoms with Crippen molar-refractivity contribution in [3.8, 4) is 17.2 Å². The van der Waals surface area contributed by atoms with Gasteiger partial charge in [0.1, 0.15) is 17.2 Å². The smallest absolute Gasteiger partial charge is 0.167 e. The molecule has 0 spiro atoms. The van der Waals surface area contributed by atoms with Crippen molar-refractivity contribution < 1.29 is 19.4 Å². The highest BCUT2D eigenvalue weighted by Crippen LogP contribution is 2.28. The summed E-state index contributed by atoms with van der Waals surface area (Å²) < 4.78 is 10.4.